The van der Waals surface area contributed by atoms with Crippen molar-refractivity contribution in [1.29, 1.82) is 0 Å². The molecule has 0 fully saturated rings. The number of ether oxygens (including phenoxy) is 3. The van der Waals surface area contributed by atoms with Crippen molar-refractivity contribution in [3.8, 4) is 39.6 Å². The van der Waals surface area contributed by atoms with E-state index in [2.05, 4.69) is 32.4 Å². The van der Waals surface area contributed by atoms with Crippen LogP contribution in [0.25, 0.3) is 22.4 Å². The number of aromatic nitrogens is 1. The molecule has 0 saturated heterocycles. The minimum Gasteiger partial charge on any atom is -0.496 e. The van der Waals surface area contributed by atoms with Crippen LogP contribution >= 0.6 is 27.5 Å². The molecule has 3 rings (SSSR count). The van der Waals surface area contributed by atoms with Crippen LogP contribution in [0.5, 0.6) is 17.2 Å². The van der Waals surface area contributed by atoms with Crippen LogP contribution in [0, 0.1) is 0 Å². The van der Waals surface area contributed by atoms with Crippen molar-refractivity contribution in [3.05, 3.63) is 46.3 Å². The van der Waals surface area contributed by atoms with Gasteiger partial charge in [-0.1, -0.05) is 28.1 Å². The van der Waals surface area contributed by atoms with E-state index in [4.69, 9.17) is 14.2 Å². The molecular weight excluding hydrogens is 390 g/mol. The van der Waals surface area contributed by atoms with E-state index in [0.29, 0.717) is 17.2 Å². The molecule has 4 nitrogen and oxygen atoms in total. The molecule has 124 valence electrons. The Balaban J connectivity index is 2.16. The van der Waals surface area contributed by atoms with Crippen molar-refractivity contribution in [2.75, 3.05) is 21.3 Å². The van der Waals surface area contributed by atoms with Crippen molar-refractivity contribution in [2.45, 2.75) is 0 Å². The molecule has 0 spiro atoms. The maximum absolute atomic E-state index is 5.54. The lowest BCUT2D eigenvalue weighted by atomic mass is 10.0. The zero-order valence-corrected chi connectivity index (χ0v) is 15.9. The average Bonchev–Trinajstić information content (AvgIpc) is 3.10. The third kappa shape index (κ3) is 3.12. The standard InChI is InChI=1S/C18H16BrNO3S/c1-21-15-9-17(23-3)16(22-2)8-13(15)18-14(10-24-20-18)11-4-6-12(19)7-5-11/h4-10H,1-3H3. The van der Waals surface area contributed by atoms with Gasteiger partial charge < -0.3 is 14.2 Å². The number of rotatable bonds is 5. The number of benzene rings is 2. The molecule has 0 radical (unpaired) electrons. The van der Waals surface area contributed by atoms with Crippen LogP contribution < -0.4 is 14.2 Å². The average molecular weight is 406 g/mol. The zero-order chi connectivity index (χ0) is 17.1. The van der Waals surface area contributed by atoms with Crippen molar-refractivity contribution in [3.63, 3.8) is 0 Å². The third-order valence-corrected chi connectivity index (χ3v) is 4.84. The van der Waals surface area contributed by atoms with Gasteiger partial charge in [0, 0.05) is 27.0 Å². The molecule has 0 saturated carbocycles. The SMILES string of the molecule is COc1cc(OC)c(-c2nscc2-c2ccc(Br)cc2)cc1OC. The number of methoxy groups -OCH3 is 3. The Hall–Kier alpha value is -2.05. The number of halogens is 1. The molecule has 0 unspecified atom stereocenters. The van der Waals surface area contributed by atoms with E-state index in [9.17, 15) is 0 Å². The van der Waals surface area contributed by atoms with Crippen LogP contribution in [0.1, 0.15) is 0 Å². The lowest BCUT2D eigenvalue weighted by molar-refractivity contribution is 0.349. The third-order valence-electron chi connectivity index (χ3n) is 3.69. The van der Waals surface area contributed by atoms with Crippen LogP contribution in [0.15, 0.2) is 46.3 Å². The van der Waals surface area contributed by atoms with Gasteiger partial charge >= 0.3 is 0 Å². The quantitative estimate of drug-likeness (QED) is 0.579. The minimum absolute atomic E-state index is 0.624. The van der Waals surface area contributed by atoms with Crippen molar-refractivity contribution >= 4 is 27.5 Å². The summed E-state index contributed by atoms with van der Waals surface area (Å²) in [6, 6.07) is 11.9. The fraction of sp³-hybridized carbons (Fsp3) is 0.167. The highest BCUT2D eigenvalue weighted by Gasteiger charge is 2.18. The molecule has 0 bridgehead atoms. The van der Waals surface area contributed by atoms with Crippen LogP contribution in [0.3, 0.4) is 0 Å². The molecule has 2 aromatic carbocycles. The zero-order valence-electron chi connectivity index (χ0n) is 13.5. The predicted octanol–water partition coefficient (Wildman–Crippen LogP) is 5.27. The van der Waals surface area contributed by atoms with Crippen molar-refractivity contribution in [2.24, 2.45) is 0 Å². The monoisotopic (exact) mass is 405 g/mol. The topological polar surface area (TPSA) is 40.6 Å². The molecule has 0 atom stereocenters. The summed E-state index contributed by atoms with van der Waals surface area (Å²) in [7, 11) is 4.86. The van der Waals surface area contributed by atoms with Gasteiger partial charge in [0.2, 0.25) is 0 Å². The molecule has 0 N–H and O–H groups in total. The second-order valence-corrected chi connectivity index (χ2v) is 6.54. The number of hydrogen-bond donors (Lipinski definition) is 0. The predicted molar refractivity (Wildman–Crippen MR) is 100 cm³/mol. The van der Waals surface area contributed by atoms with E-state index >= 15 is 0 Å². The molecule has 0 aliphatic heterocycles. The Morgan fingerprint density at radius 3 is 2.08 bits per heavy atom. The fourth-order valence-electron chi connectivity index (χ4n) is 2.48. The van der Waals surface area contributed by atoms with Gasteiger partial charge in [-0.15, -0.1) is 0 Å². The normalized spacial score (nSPS) is 10.5. The first-order chi connectivity index (χ1) is 11.7. The first-order valence-electron chi connectivity index (χ1n) is 7.18. The fourth-order valence-corrected chi connectivity index (χ4v) is 3.45. The maximum Gasteiger partial charge on any atom is 0.164 e. The van der Waals surface area contributed by atoms with E-state index < -0.39 is 0 Å². The second kappa shape index (κ2) is 7.23. The molecule has 0 amide bonds. The molecular formula is C18H16BrNO3S. The molecule has 0 aliphatic carbocycles. The summed E-state index contributed by atoms with van der Waals surface area (Å²) in [5, 5.41) is 2.04. The lowest BCUT2D eigenvalue weighted by Gasteiger charge is -2.14. The van der Waals surface area contributed by atoms with Crippen molar-refractivity contribution < 1.29 is 14.2 Å². The van der Waals surface area contributed by atoms with Crippen molar-refractivity contribution in [1.82, 2.24) is 4.37 Å². The Labute approximate surface area is 153 Å². The molecule has 1 heterocycles. The highest BCUT2D eigenvalue weighted by Crippen LogP contribution is 2.43. The lowest BCUT2D eigenvalue weighted by Crippen LogP contribution is -1.95. The number of hydrogen-bond acceptors (Lipinski definition) is 5. The van der Waals surface area contributed by atoms with E-state index in [1.807, 2.05) is 29.6 Å². The number of nitrogens with zero attached hydrogens (tertiary/aromatic N) is 1. The maximum atomic E-state index is 5.54. The summed E-state index contributed by atoms with van der Waals surface area (Å²) >= 11 is 4.88. The van der Waals surface area contributed by atoms with Crippen LogP contribution in [-0.4, -0.2) is 25.7 Å². The summed E-state index contributed by atoms with van der Waals surface area (Å²) in [5.41, 5.74) is 3.88. The molecule has 1 aromatic heterocycles. The molecule has 24 heavy (non-hydrogen) atoms. The van der Waals surface area contributed by atoms with Gasteiger partial charge in [0.25, 0.3) is 0 Å². The van der Waals surface area contributed by atoms with Gasteiger partial charge in [-0.2, -0.15) is 4.37 Å². The largest absolute Gasteiger partial charge is 0.496 e. The highest BCUT2D eigenvalue weighted by molar-refractivity contribution is 9.10. The van der Waals surface area contributed by atoms with Gasteiger partial charge in [0.15, 0.2) is 11.5 Å². The summed E-state index contributed by atoms with van der Waals surface area (Å²) in [4.78, 5) is 0. The van der Waals surface area contributed by atoms with Gasteiger partial charge in [-0.05, 0) is 35.3 Å². The van der Waals surface area contributed by atoms with Crippen LogP contribution in [0.4, 0.5) is 0 Å². The van der Waals surface area contributed by atoms with E-state index in [0.717, 1.165) is 26.9 Å². The summed E-state index contributed by atoms with van der Waals surface area (Å²) in [5.74, 6) is 1.96. The first kappa shape index (κ1) is 16.8. The molecule has 0 aliphatic rings. The highest BCUT2D eigenvalue weighted by atomic mass is 79.9. The summed E-state index contributed by atoms with van der Waals surface area (Å²) < 4.78 is 21.9. The van der Waals surface area contributed by atoms with Gasteiger partial charge in [-0.25, -0.2) is 0 Å². The Morgan fingerprint density at radius 2 is 1.46 bits per heavy atom. The Bertz CT molecular complexity index is 846. The van der Waals surface area contributed by atoms with Gasteiger partial charge in [-0.3, -0.25) is 0 Å². The smallest absolute Gasteiger partial charge is 0.164 e. The summed E-state index contributed by atoms with van der Waals surface area (Å²) in [6.07, 6.45) is 0. The van der Waals surface area contributed by atoms with E-state index in [-0.39, 0.29) is 0 Å². The van der Waals surface area contributed by atoms with Crippen LogP contribution in [0.2, 0.25) is 0 Å². The van der Waals surface area contributed by atoms with E-state index in [1.54, 1.807) is 21.3 Å². The van der Waals surface area contributed by atoms with E-state index in [1.165, 1.54) is 11.5 Å². The van der Waals surface area contributed by atoms with Crippen LogP contribution in [-0.2, 0) is 0 Å². The molecule has 6 heteroatoms. The minimum atomic E-state index is 0.624. The summed E-state index contributed by atoms with van der Waals surface area (Å²) in [6.45, 7) is 0. The van der Waals surface area contributed by atoms with Gasteiger partial charge in [0.05, 0.1) is 27.0 Å². The van der Waals surface area contributed by atoms with Gasteiger partial charge in [0.1, 0.15) is 5.75 Å². The Morgan fingerprint density at radius 1 is 0.833 bits per heavy atom. The Kier molecular flexibility index (Phi) is 5.06. The second-order valence-electron chi connectivity index (χ2n) is 4.99. The molecule has 3 aromatic rings. The first-order valence-corrected chi connectivity index (χ1v) is 8.81.